The van der Waals surface area contributed by atoms with Crippen LogP contribution in [0.25, 0.3) is 0 Å². The quantitative estimate of drug-likeness (QED) is 0.469. The average molecular weight is 366 g/mol. The van der Waals surface area contributed by atoms with Crippen molar-refractivity contribution < 1.29 is 14.3 Å². The first kappa shape index (κ1) is 19.5. The molecular formula is C17H26N4O3S. The molecule has 0 radical (unpaired) electrons. The molecule has 25 heavy (non-hydrogen) atoms. The Morgan fingerprint density at radius 1 is 1.44 bits per heavy atom. The molecule has 2 heterocycles. The highest BCUT2D eigenvalue weighted by Crippen LogP contribution is 2.26. The van der Waals surface area contributed by atoms with Gasteiger partial charge in [-0.05, 0) is 39.5 Å². The first-order valence-corrected chi connectivity index (χ1v) is 9.62. The van der Waals surface area contributed by atoms with Crippen LogP contribution < -0.4 is 5.73 Å². The number of nitrogens with two attached hydrogens (primary N) is 1. The number of hydrogen-bond donors (Lipinski definition) is 1. The van der Waals surface area contributed by atoms with Crippen molar-refractivity contribution in [2.75, 3.05) is 18.9 Å². The van der Waals surface area contributed by atoms with Gasteiger partial charge in [0.2, 0.25) is 5.91 Å². The van der Waals surface area contributed by atoms with E-state index in [1.54, 1.807) is 6.92 Å². The van der Waals surface area contributed by atoms with Gasteiger partial charge in [-0.2, -0.15) is 0 Å². The van der Waals surface area contributed by atoms with Crippen LogP contribution in [0.1, 0.15) is 56.8 Å². The number of rotatable bonds is 6. The van der Waals surface area contributed by atoms with Crippen LogP contribution >= 0.6 is 11.8 Å². The molecule has 1 aromatic rings. The molecule has 1 aliphatic heterocycles. The lowest BCUT2D eigenvalue weighted by molar-refractivity contribution is -0.134. The minimum Gasteiger partial charge on any atom is -0.462 e. The lowest BCUT2D eigenvalue weighted by Crippen LogP contribution is -2.46. The normalized spacial score (nSPS) is 18.7. The zero-order valence-electron chi connectivity index (χ0n) is 15.0. The van der Waals surface area contributed by atoms with Gasteiger partial charge in [0.1, 0.15) is 11.4 Å². The fraction of sp³-hybridized carbons (Fsp3) is 0.647. The largest absolute Gasteiger partial charge is 0.462 e. The van der Waals surface area contributed by atoms with Gasteiger partial charge in [0.25, 0.3) is 0 Å². The summed E-state index contributed by atoms with van der Waals surface area (Å²) in [5.41, 5.74) is 5.98. The maximum atomic E-state index is 12.8. The number of carbonyl (C=O) groups is 2. The summed E-state index contributed by atoms with van der Waals surface area (Å²) in [6.07, 6.45) is 5.63. The molecule has 1 fully saturated rings. The predicted octanol–water partition coefficient (Wildman–Crippen LogP) is 2.51. The van der Waals surface area contributed by atoms with Crippen LogP contribution in [0.3, 0.4) is 0 Å². The number of likely N-dealkylation sites (tertiary alicyclic amines) is 1. The Morgan fingerprint density at radius 2 is 2.20 bits per heavy atom. The summed E-state index contributed by atoms with van der Waals surface area (Å²) in [5, 5.41) is 0.0800. The number of piperidine rings is 1. The molecule has 1 saturated heterocycles. The topological polar surface area (TPSA) is 98.4 Å². The highest BCUT2D eigenvalue weighted by molar-refractivity contribution is 8.00. The second-order valence-corrected chi connectivity index (χ2v) is 7.33. The van der Waals surface area contributed by atoms with Crippen molar-refractivity contribution in [3.8, 4) is 0 Å². The number of carbonyl (C=O) groups excluding carboxylic acids is 2. The molecule has 2 atom stereocenters. The standard InChI is InChI=1S/C17H26N4O3S/c1-4-12-8-6-7-9-21(12)15(22)11(3)25-17-19-10-13(14(18)20-17)16(23)24-5-2/h10-12H,4-9H2,1-3H3,(H2,18,19,20)/t11-,12+/m1/s1. The lowest BCUT2D eigenvalue weighted by atomic mass is 10.00. The van der Waals surface area contributed by atoms with Gasteiger partial charge in [0.15, 0.2) is 5.16 Å². The molecule has 8 heteroatoms. The Labute approximate surface area is 152 Å². The van der Waals surface area contributed by atoms with Crippen LogP contribution in [0.15, 0.2) is 11.4 Å². The van der Waals surface area contributed by atoms with E-state index in [9.17, 15) is 9.59 Å². The molecule has 0 bridgehead atoms. The van der Waals surface area contributed by atoms with Crippen LogP contribution in [0.5, 0.6) is 0 Å². The van der Waals surface area contributed by atoms with E-state index in [1.807, 2.05) is 11.8 Å². The van der Waals surface area contributed by atoms with Crippen molar-refractivity contribution in [3.05, 3.63) is 11.8 Å². The maximum Gasteiger partial charge on any atom is 0.343 e. The van der Waals surface area contributed by atoms with Crippen molar-refractivity contribution in [2.45, 2.75) is 62.9 Å². The van der Waals surface area contributed by atoms with Gasteiger partial charge in [-0.3, -0.25) is 4.79 Å². The molecule has 138 valence electrons. The molecule has 1 aliphatic rings. The number of aromatic nitrogens is 2. The van der Waals surface area contributed by atoms with E-state index in [2.05, 4.69) is 16.9 Å². The number of nitrogen functional groups attached to an aromatic ring is 1. The predicted molar refractivity (Wildman–Crippen MR) is 97.4 cm³/mol. The average Bonchev–Trinajstić information content (AvgIpc) is 2.61. The first-order chi connectivity index (χ1) is 12.0. The smallest absolute Gasteiger partial charge is 0.343 e. The number of thioether (sulfide) groups is 1. The number of esters is 1. The summed E-state index contributed by atoms with van der Waals surface area (Å²) in [7, 11) is 0. The Balaban J connectivity index is 2.04. The third-order valence-electron chi connectivity index (χ3n) is 4.30. The van der Waals surface area contributed by atoms with E-state index in [4.69, 9.17) is 10.5 Å². The van der Waals surface area contributed by atoms with Crippen molar-refractivity contribution in [1.82, 2.24) is 14.9 Å². The molecule has 2 rings (SSSR count). The van der Waals surface area contributed by atoms with Gasteiger partial charge in [-0.25, -0.2) is 14.8 Å². The maximum absolute atomic E-state index is 12.8. The second kappa shape index (κ2) is 9.03. The van der Waals surface area contributed by atoms with Gasteiger partial charge >= 0.3 is 5.97 Å². The van der Waals surface area contributed by atoms with Crippen molar-refractivity contribution in [1.29, 1.82) is 0 Å². The highest BCUT2D eigenvalue weighted by Gasteiger charge is 2.29. The fourth-order valence-corrected chi connectivity index (χ4v) is 3.78. The monoisotopic (exact) mass is 366 g/mol. The van der Waals surface area contributed by atoms with Gasteiger partial charge in [0, 0.05) is 18.8 Å². The van der Waals surface area contributed by atoms with Crippen LogP contribution in [0, 0.1) is 0 Å². The Morgan fingerprint density at radius 3 is 2.84 bits per heavy atom. The molecule has 2 N–H and O–H groups in total. The number of amides is 1. The van der Waals surface area contributed by atoms with E-state index in [0.29, 0.717) is 11.2 Å². The molecule has 0 aliphatic carbocycles. The molecule has 7 nitrogen and oxygen atoms in total. The Hall–Kier alpha value is -1.83. The first-order valence-electron chi connectivity index (χ1n) is 8.74. The highest BCUT2D eigenvalue weighted by atomic mass is 32.2. The number of nitrogens with zero attached hydrogens (tertiary/aromatic N) is 3. The molecule has 0 unspecified atom stereocenters. The Kier molecular flexibility index (Phi) is 7.04. The summed E-state index contributed by atoms with van der Waals surface area (Å²) in [6.45, 7) is 6.76. The minimum absolute atomic E-state index is 0.0695. The fourth-order valence-electron chi connectivity index (χ4n) is 2.96. The Bertz CT molecular complexity index is 626. The van der Waals surface area contributed by atoms with Gasteiger partial charge in [-0.15, -0.1) is 0 Å². The van der Waals surface area contributed by atoms with Crippen LogP contribution in [-0.2, 0) is 9.53 Å². The molecule has 1 amide bonds. The van der Waals surface area contributed by atoms with E-state index >= 15 is 0 Å². The molecular weight excluding hydrogens is 340 g/mol. The number of ether oxygens (including phenoxy) is 1. The summed E-state index contributed by atoms with van der Waals surface area (Å²) in [4.78, 5) is 34.8. The SMILES string of the molecule is CCOC(=O)c1cnc(S[C@H](C)C(=O)N2CCCC[C@@H]2CC)nc1N. The summed E-state index contributed by atoms with van der Waals surface area (Å²) in [5.74, 6) is -0.368. The summed E-state index contributed by atoms with van der Waals surface area (Å²) < 4.78 is 4.90. The minimum atomic E-state index is -0.542. The summed E-state index contributed by atoms with van der Waals surface area (Å²) in [6, 6.07) is 0.321. The lowest BCUT2D eigenvalue weighted by Gasteiger charge is -2.36. The number of hydrogen-bond acceptors (Lipinski definition) is 7. The second-order valence-electron chi connectivity index (χ2n) is 6.02. The van der Waals surface area contributed by atoms with E-state index < -0.39 is 5.97 Å². The number of anilines is 1. The van der Waals surface area contributed by atoms with Gasteiger partial charge < -0.3 is 15.4 Å². The van der Waals surface area contributed by atoms with E-state index in [1.165, 1.54) is 24.4 Å². The molecule has 0 aromatic carbocycles. The van der Waals surface area contributed by atoms with Crippen molar-refractivity contribution in [2.24, 2.45) is 0 Å². The van der Waals surface area contributed by atoms with Crippen LogP contribution in [0.2, 0.25) is 0 Å². The van der Waals surface area contributed by atoms with Gasteiger partial charge in [-0.1, -0.05) is 18.7 Å². The molecule has 1 aromatic heterocycles. The van der Waals surface area contributed by atoms with Crippen molar-refractivity contribution >= 4 is 29.5 Å². The third kappa shape index (κ3) is 4.84. The van der Waals surface area contributed by atoms with Gasteiger partial charge in [0.05, 0.1) is 11.9 Å². The van der Waals surface area contributed by atoms with E-state index in [0.717, 1.165) is 25.8 Å². The van der Waals surface area contributed by atoms with E-state index in [-0.39, 0.29) is 29.1 Å². The third-order valence-corrected chi connectivity index (χ3v) is 5.27. The van der Waals surface area contributed by atoms with Crippen LogP contribution in [0.4, 0.5) is 5.82 Å². The zero-order chi connectivity index (χ0) is 18.4. The summed E-state index contributed by atoms with van der Waals surface area (Å²) >= 11 is 1.26. The zero-order valence-corrected chi connectivity index (χ0v) is 15.8. The molecule has 0 saturated carbocycles. The molecule has 0 spiro atoms. The van der Waals surface area contributed by atoms with Crippen molar-refractivity contribution in [3.63, 3.8) is 0 Å². The van der Waals surface area contributed by atoms with Crippen LogP contribution in [-0.4, -0.2) is 51.2 Å².